The summed E-state index contributed by atoms with van der Waals surface area (Å²) in [6, 6.07) is 18.3. The summed E-state index contributed by atoms with van der Waals surface area (Å²) >= 11 is 1.87. The Labute approximate surface area is 214 Å². The third kappa shape index (κ3) is 4.01. The van der Waals surface area contributed by atoms with E-state index in [9.17, 15) is 0 Å². The summed E-state index contributed by atoms with van der Waals surface area (Å²) < 4.78 is 0. The fraction of sp³-hybridized carbons (Fsp3) is 0.367. The second kappa shape index (κ2) is 8.65. The van der Waals surface area contributed by atoms with Gasteiger partial charge in [0.05, 0.1) is 11.3 Å². The van der Waals surface area contributed by atoms with Crippen LogP contribution in [0.4, 0.5) is 5.00 Å². The van der Waals surface area contributed by atoms with E-state index < -0.39 is 0 Å². The van der Waals surface area contributed by atoms with Crippen LogP contribution in [-0.4, -0.2) is 36.4 Å². The van der Waals surface area contributed by atoms with Gasteiger partial charge in [-0.05, 0) is 54.5 Å². The van der Waals surface area contributed by atoms with Crippen LogP contribution in [0, 0.1) is 18.8 Å². The lowest BCUT2D eigenvalue weighted by Gasteiger charge is -2.36. The lowest BCUT2D eigenvalue weighted by Crippen LogP contribution is -2.53. The molecule has 2 unspecified atom stereocenters. The molecule has 5 heteroatoms. The third-order valence-corrected chi connectivity index (χ3v) is 8.96. The number of fused-ring (bicyclic) bond motifs is 4. The van der Waals surface area contributed by atoms with Crippen LogP contribution in [0.25, 0.3) is 10.8 Å². The number of hydrogen-bond acceptors (Lipinski definition) is 5. The molecule has 1 saturated heterocycles. The normalized spacial score (nSPS) is 25.2. The van der Waals surface area contributed by atoms with E-state index in [1.165, 1.54) is 55.4 Å². The molecule has 3 heterocycles. The van der Waals surface area contributed by atoms with E-state index in [4.69, 9.17) is 4.99 Å². The number of aryl methyl sites for hydroxylation is 2. The van der Waals surface area contributed by atoms with Crippen LogP contribution in [-0.2, 0) is 6.42 Å². The first-order chi connectivity index (χ1) is 17.2. The Bertz CT molecular complexity index is 1390. The molecular formula is C30H36N4S. The van der Waals surface area contributed by atoms with Crippen molar-refractivity contribution in [3.8, 4) is 0 Å². The Morgan fingerprint density at radius 2 is 2.09 bits per heavy atom. The Hall–Kier alpha value is -2.89. The van der Waals surface area contributed by atoms with E-state index in [0.29, 0.717) is 17.9 Å². The molecule has 2 fully saturated rings. The molecule has 7 rings (SSSR count). The second-order valence-corrected chi connectivity index (χ2v) is 11.7. The van der Waals surface area contributed by atoms with Crippen molar-refractivity contribution in [2.45, 2.75) is 38.6 Å². The molecule has 0 spiro atoms. The van der Waals surface area contributed by atoms with Gasteiger partial charge >= 0.3 is 0 Å². The molecule has 0 bridgehead atoms. The van der Waals surface area contributed by atoms with Crippen LogP contribution in [0.5, 0.6) is 0 Å². The third-order valence-electron chi connectivity index (χ3n) is 7.99. The van der Waals surface area contributed by atoms with Crippen molar-refractivity contribution < 1.29 is 2.85 Å². The van der Waals surface area contributed by atoms with Gasteiger partial charge in [-0.15, -0.1) is 11.3 Å². The minimum absolute atomic E-state index is 0. The fourth-order valence-electron chi connectivity index (χ4n) is 6.07. The summed E-state index contributed by atoms with van der Waals surface area (Å²) in [5.41, 5.74) is 5.36. The predicted octanol–water partition coefficient (Wildman–Crippen LogP) is 6.59. The predicted molar refractivity (Wildman–Crippen MR) is 151 cm³/mol. The van der Waals surface area contributed by atoms with Crippen LogP contribution in [0.15, 0.2) is 77.1 Å². The van der Waals surface area contributed by atoms with Gasteiger partial charge in [0.25, 0.3) is 0 Å². The van der Waals surface area contributed by atoms with Gasteiger partial charge in [0, 0.05) is 51.4 Å². The van der Waals surface area contributed by atoms with Gasteiger partial charge in [-0.3, -0.25) is 0 Å². The molecule has 2 aliphatic heterocycles. The first-order valence-electron chi connectivity index (χ1n) is 13.0. The number of amidine groups is 1. The largest absolute Gasteiger partial charge is 0.353 e. The summed E-state index contributed by atoms with van der Waals surface area (Å²) in [6.07, 6.45) is 9.18. The maximum absolute atomic E-state index is 5.45. The van der Waals surface area contributed by atoms with E-state index >= 15 is 0 Å². The van der Waals surface area contributed by atoms with Crippen LogP contribution < -0.4 is 10.6 Å². The zero-order chi connectivity index (χ0) is 23.4. The second-order valence-electron chi connectivity index (χ2n) is 10.4. The number of allylic oxidation sites excluding steroid dienone is 3. The summed E-state index contributed by atoms with van der Waals surface area (Å²) in [5, 5.41) is 11.6. The Morgan fingerprint density at radius 1 is 1.17 bits per heavy atom. The number of hydrogen-bond donors (Lipinski definition) is 2. The van der Waals surface area contributed by atoms with Gasteiger partial charge in [0.2, 0.25) is 0 Å². The average molecular weight is 485 g/mol. The smallest absolute Gasteiger partial charge is 0.139 e. The summed E-state index contributed by atoms with van der Waals surface area (Å²) in [7, 11) is 0. The number of piperazine rings is 1. The first kappa shape index (κ1) is 21.4. The highest BCUT2D eigenvalue weighted by atomic mass is 32.1. The van der Waals surface area contributed by atoms with E-state index in [0.717, 1.165) is 38.9 Å². The number of nitrogens with one attached hydrogen (secondary N) is 2. The molecule has 1 aromatic heterocycles. The van der Waals surface area contributed by atoms with Crippen molar-refractivity contribution in [3.63, 3.8) is 0 Å². The van der Waals surface area contributed by atoms with Crippen LogP contribution >= 0.6 is 11.3 Å². The molecule has 0 amide bonds. The van der Waals surface area contributed by atoms with E-state index in [1.807, 2.05) is 11.3 Å². The van der Waals surface area contributed by atoms with Crippen molar-refractivity contribution >= 4 is 32.9 Å². The maximum atomic E-state index is 5.45. The fourth-order valence-corrected chi connectivity index (χ4v) is 7.01. The highest BCUT2D eigenvalue weighted by molar-refractivity contribution is 7.16. The summed E-state index contributed by atoms with van der Waals surface area (Å²) in [5.74, 6) is 2.46. The van der Waals surface area contributed by atoms with Gasteiger partial charge in [-0.1, -0.05) is 54.6 Å². The van der Waals surface area contributed by atoms with E-state index in [1.54, 1.807) is 0 Å². The Morgan fingerprint density at radius 3 is 3.06 bits per heavy atom. The zero-order valence-corrected chi connectivity index (χ0v) is 21.1. The van der Waals surface area contributed by atoms with Crippen LogP contribution in [0.1, 0.15) is 38.1 Å². The van der Waals surface area contributed by atoms with Crippen molar-refractivity contribution in [1.29, 1.82) is 0 Å². The highest BCUT2D eigenvalue weighted by Crippen LogP contribution is 2.50. The monoisotopic (exact) mass is 484 g/mol. The van der Waals surface area contributed by atoms with Gasteiger partial charge in [0.15, 0.2) is 0 Å². The highest BCUT2D eigenvalue weighted by Gasteiger charge is 2.42. The quantitative estimate of drug-likeness (QED) is 0.412. The van der Waals surface area contributed by atoms with Crippen molar-refractivity contribution in [2.75, 3.05) is 25.0 Å². The summed E-state index contributed by atoms with van der Waals surface area (Å²) in [6.45, 7) is 5.23. The van der Waals surface area contributed by atoms with E-state index in [2.05, 4.69) is 83.1 Å². The SMILES string of the molecule is Cc1cc2c(s1)NC1=C(N=C2N2CCN[C@@H](CCc3cccc4ccccc34)C2)C2CC2C=CC1.[HH].[HH]. The number of thiophene rings is 1. The Balaban J connectivity index is 0.00000140. The standard InChI is InChI=1S/C30H32N4S.2H2/c1-19-16-26-29(33-28-25-17-22(25)9-5-11-27(28)32-30(26)35-19)34-15-14-31-23(18-34)13-12-21-8-4-7-20-6-2-3-10-24(20)21;;/h2-10,16,22-23,25,31-32H,11-15,17-18H2,1H3;2*1H/t22?,23-,25?;;/m0../s1. The number of benzene rings is 2. The van der Waals surface area contributed by atoms with Crippen LogP contribution in [0.2, 0.25) is 0 Å². The molecule has 4 nitrogen and oxygen atoms in total. The lowest BCUT2D eigenvalue weighted by atomic mass is 9.98. The maximum Gasteiger partial charge on any atom is 0.139 e. The minimum atomic E-state index is 0. The average Bonchev–Trinajstić information content (AvgIpc) is 3.60. The van der Waals surface area contributed by atoms with Crippen molar-refractivity contribution in [3.05, 3.63) is 88.1 Å². The molecule has 4 aliphatic rings. The van der Waals surface area contributed by atoms with Gasteiger partial charge in [0.1, 0.15) is 10.8 Å². The van der Waals surface area contributed by atoms with Crippen molar-refractivity contribution in [2.24, 2.45) is 16.8 Å². The minimum Gasteiger partial charge on any atom is -0.353 e. The van der Waals surface area contributed by atoms with Crippen molar-refractivity contribution in [1.82, 2.24) is 10.2 Å². The van der Waals surface area contributed by atoms with Crippen LogP contribution in [0.3, 0.4) is 0 Å². The number of nitrogens with zero attached hydrogens (tertiary/aromatic N) is 2. The molecule has 2 aliphatic carbocycles. The van der Waals surface area contributed by atoms with E-state index in [-0.39, 0.29) is 2.85 Å². The molecule has 0 radical (unpaired) electrons. The zero-order valence-electron chi connectivity index (χ0n) is 20.3. The molecule has 35 heavy (non-hydrogen) atoms. The molecule has 182 valence electrons. The van der Waals surface area contributed by atoms with Gasteiger partial charge in [-0.25, -0.2) is 4.99 Å². The number of rotatable bonds is 3. The first-order valence-corrected chi connectivity index (χ1v) is 13.9. The molecule has 2 N–H and O–H groups in total. The summed E-state index contributed by atoms with van der Waals surface area (Å²) in [4.78, 5) is 9.35. The molecule has 3 atom stereocenters. The molecule has 2 aromatic carbocycles. The number of aliphatic imine (C=N–C) groups is 1. The van der Waals surface area contributed by atoms with Gasteiger partial charge in [-0.2, -0.15) is 0 Å². The number of anilines is 1. The molecular weight excluding hydrogens is 448 g/mol. The lowest BCUT2D eigenvalue weighted by molar-refractivity contribution is 0.282. The molecule has 1 saturated carbocycles. The van der Waals surface area contributed by atoms with Gasteiger partial charge < -0.3 is 15.5 Å². The topological polar surface area (TPSA) is 39.7 Å². The molecule has 3 aromatic rings. The Kier molecular flexibility index (Phi) is 5.29.